The Morgan fingerprint density at radius 2 is 2.00 bits per heavy atom. The highest BCUT2D eigenvalue weighted by Gasteiger charge is 2.05. The van der Waals surface area contributed by atoms with Crippen molar-refractivity contribution in [3.8, 4) is 5.75 Å². The fourth-order valence-corrected chi connectivity index (χ4v) is 1.66. The van der Waals surface area contributed by atoms with E-state index in [-0.39, 0.29) is 19.0 Å². The maximum Gasteiger partial charge on any atom is 0.150 e. The predicted molar refractivity (Wildman–Crippen MR) is 62.4 cm³/mol. The molecule has 0 unspecified atom stereocenters. The number of hydrogen-bond donors (Lipinski definition) is 1. The van der Waals surface area contributed by atoms with Crippen LogP contribution in [0.15, 0.2) is 24.3 Å². The third kappa shape index (κ3) is 4.63. The fraction of sp³-hybridized carbons (Fsp3) is 0.455. The number of benzene rings is 1. The summed E-state index contributed by atoms with van der Waals surface area (Å²) in [6.07, 6.45) is 1.69. The molecule has 0 bridgehead atoms. The molecule has 1 aromatic rings. The number of aliphatic hydroxyl groups excluding tert-OH is 1. The molecule has 5 heteroatoms. The smallest absolute Gasteiger partial charge is 0.150 e. The van der Waals surface area contributed by atoms with Gasteiger partial charge in [-0.15, -0.1) is 0 Å². The van der Waals surface area contributed by atoms with E-state index in [0.29, 0.717) is 12.2 Å². The molecule has 1 rings (SSSR count). The number of rotatable bonds is 6. The number of aliphatic hydroxyl groups is 1. The van der Waals surface area contributed by atoms with Crippen LogP contribution >= 0.6 is 0 Å². The molecule has 1 aromatic carbocycles. The van der Waals surface area contributed by atoms with E-state index in [1.807, 2.05) is 18.2 Å². The van der Waals surface area contributed by atoms with E-state index in [0.717, 1.165) is 5.56 Å². The molecule has 16 heavy (non-hydrogen) atoms. The van der Waals surface area contributed by atoms with Crippen LogP contribution in [0.3, 0.4) is 0 Å². The molecule has 0 aromatic heterocycles. The van der Waals surface area contributed by atoms with Crippen molar-refractivity contribution >= 4 is 9.84 Å². The lowest BCUT2D eigenvalue weighted by molar-refractivity contribution is 0.292. The van der Waals surface area contributed by atoms with E-state index in [4.69, 9.17) is 9.84 Å². The molecule has 0 aliphatic rings. The van der Waals surface area contributed by atoms with Crippen molar-refractivity contribution in [3.05, 3.63) is 29.8 Å². The molecule has 0 aliphatic carbocycles. The zero-order chi connectivity index (χ0) is 12.0. The zero-order valence-electron chi connectivity index (χ0n) is 9.22. The molecular weight excluding hydrogens is 228 g/mol. The van der Waals surface area contributed by atoms with Crippen molar-refractivity contribution in [3.63, 3.8) is 0 Å². The molecule has 0 aliphatic heterocycles. The van der Waals surface area contributed by atoms with Gasteiger partial charge in [-0.3, -0.25) is 0 Å². The minimum Gasteiger partial charge on any atom is -0.492 e. The molecule has 0 spiro atoms. The van der Waals surface area contributed by atoms with Gasteiger partial charge in [0.1, 0.15) is 12.4 Å². The van der Waals surface area contributed by atoms with Crippen LogP contribution in [0.1, 0.15) is 5.56 Å². The first kappa shape index (κ1) is 13.0. The van der Waals surface area contributed by atoms with Gasteiger partial charge in [-0.2, -0.15) is 0 Å². The summed E-state index contributed by atoms with van der Waals surface area (Å²) >= 11 is 0. The van der Waals surface area contributed by atoms with Crippen LogP contribution in [0.25, 0.3) is 0 Å². The van der Waals surface area contributed by atoms with Gasteiger partial charge in [0.25, 0.3) is 0 Å². The lowest BCUT2D eigenvalue weighted by atomic mass is 10.1. The molecule has 0 saturated carbocycles. The first-order valence-electron chi connectivity index (χ1n) is 5.02. The van der Waals surface area contributed by atoms with E-state index < -0.39 is 9.84 Å². The zero-order valence-corrected chi connectivity index (χ0v) is 10.0. The number of sulfone groups is 1. The van der Waals surface area contributed by atoms with Gasteiger partial charge in [-0.1, -0.05) is 18.2 Å². The van der Waals surface area contributed by atoms with Gasteiger partial charge in [0.2, 0.25) is 0 Å². The predicted octanol–water partition coefficient (Wildman–Crippen LogP) is 0.645. The largest absolute Gasteiger partial charge is 0.492 e. The lowest BCUT2D eigenvalue weighted by Gasteiger charge is -2.09. The van der Waals surface area contributed by atoms with Crippen molar-refractivity contribution in [2.75, 3.05) is 25.2 Å². The summed E-state index contributed by atoms with van der Waals surface area (Å²) in [6.45, 7) is 0.188. The summed E-state index contributed by atoms with van der Waals surface area (Å²) in [7, 11) is -2.99. The highest BCUT2D eigenvalue weighted by Crippen LogP contribution is 2.18. The van der Waals surface area contributed by atoms with Gasteiger partial charge in [0.15, 0.2) is 9.84 Å². The summed E-state index contributed by atoms with van der Waals surface area (Å²) in [5, 5.41) is 8.85. The summed E-state index contributed by atoms with van der Waals surface area (Å²) in [5.74, 6) is 0.640. The third-order valence-electron chi connectivity index (χ3n) is 2.07. The van der Waals surface area contributed by atoms with Crippen molar-refractivity contribution in [2.45, 2.75) is 6.42 Å². The minimum atomic E-state index is -2.99. The Labute approximate surface area is 95.8 Å². The van der Waals surface area contributed by atoms with E-state index >= 15 is 0 Å². The molecule has 0 saturated heterocycles. The molecule has 0 radical (unpaired) electrons. The van der Waals surface area contributed by atoms with E-state index in [1.165, 1.54) is 6.26 Å². The number of ether oxygens (including phenoxy) is 1. The summed E-state index contributed by atoms with van der Waals surface area (Å²) in [5.41, 5.74) is 0.888. The van der Waals surface area contributed by atoms with Crippen LogP contribution in [0.2, 0.25) is 0 Å². The van der Waals surface area contributed by atoms with Crippen molar-refractivity contribution in [1.82, 2.24) is 0 Å². The van der Waals surface area contributed by atoms with Crippen molar-refractivity contribution in [1.29, 1.82) is 0 Å². The van der Waals surface area contributed by atoms with Crippen LogP contribution in [0.4, 0.5) is 0 Å². The average Bonchev–Trinajstić information content (AvgIpc) is 2.19. The number of para-hydroxylation sites is 1. The van der Waals surface area contributed by atoms with Gasteiger partial charge in [-0.25, -0.2) is 8.42 Å². The van der Waals surface area contributed by atoms with Gasteiger partial charge in [-0.05, 0) is 18.1 Å². The van der Waals surface area contributed by atoms with Gasteiger partial charge >= 0.3 is 0 Å². The lowest BCUT2D eigenvalue weighted by Crippen LogP contribution is -2.12. The Morgan fingerprint density at radius 1 is 1.31 bits per heavy atom. The molecule has 0 atom stereocenters. The normalized spacial score (nSPS) is 11.4. The van der Waals surface area contributed by atoms with E-state index in [2.05, 4.69) is 0 Å². The molecule has 1 N–H and O–H groups in total. The van der Waals surface area contributed by atoms with Crippen LogP contribution < -0.4 is 4.74 Å². The maximum atomic E-state index is 10.9. The molecule has 4 nitrogen and oxygen atoms in total. The molecular formula is C11H16O4S. The van der Waals surface area contributed by atoms with Gasteiger partial charge in [0, 0.05) is 12.9 Å². The SMILES string of the molecule is CS(=O)(=O)CCOc1ccccc1CCO. The highest BCUT2D eigenvalue weighted by atomic mass is 32.2. The Kier molecular flexibility index (Phi) is 4.76. The van der Waals surface area contributed by atoms with Crippen LogP contribution in [-0.2, 0) is 16.3 Å². The first-order chi connectivity index (χ1) is 7.53. The maximum absolute atomic E-state index is 10.9. The highest BCUT2D eigenvalue weighted by molar-refractivity contribution is 7.90. The van der Waals surface area contributed by atoms with E-state index in [1.54, 1.807) is 6.07 Å². The minimum absolute atomic E-state index is 0.000456. The Hall–Kier alpha value is -1.07. The topological polar surface area (TPSA) is 63.6 Å². The van der Waals surface area contributed by atoms with Gasteiger partial charge < -0.3 is 9.84 Å². The van der Waals surface area contributed by atoms with Crippen molar-refractivity contribution < 1.29 is 18.3 Å². The van der Waals surface area contributed by atoms with Crippen LogP contribution in [-0.4, -0.2) is 38.7 Å². The fourth-order valence-electron chi connectivity index (χ4n) is 1.27. The monoisotopic (exact) mass is 244 g/mol. The average molecular weight is 244 g/mol. The summed E-state index contributed by atoms with van der Waals surface area (Å²) in [6, 6.07) is 7.30. The first-order valence-corrected chi connectivity index (χ1v) is 7.08. The molecule has 0 heterocycles. The second-order valence-electron chi connectivity index (χ2n) is 3.56. The molecule has 90 valence electrons. The second kappa shape index (κ2) is 5.86. The molecule has 0 amide bonds. The van der Waals surface area contributed by atoms with Crippen molar-refractivity contribution in [2.24, 2.45) is 0 Å². The molecule has 0 fully saturated rings. The van der Waals surface area contributed by atoms with Crippen LogP contribution in [0.5, 0.6) is 5.75 Å². The second-order valence-corrected chi connectivity index (χ2v) is 5.82. The van der Waals surface area contributed by atoms with E-state index in [9.17, 15) is 8.42 Å². The summed E-state index contributed by atoms with van der Waals surface area (Å²) < 4.78 is 27.2. The summed E-state index contributed by atoms with van der Waals surface area (Å²) in [4.78, 5) is 0. The third-order valence-corrected chi connectivity index (χ3v) is 2.97. The Morgan fingerprint density at radius 3 is 2.62 bits per heavy atom. The Balaban J connectivity index is 2.59. The quantitative estimate of drug-likeness (QED) is 0.798. The Bertz CT molecular complexity index is 425. The van der Waals surface area contributed by atoms with Crippen LogP contribution in [0, 0.1) is 0 Å². The number of hydrogen-bond acceptors (Lipinski definition) is 4. The van der Waals surface area contributed by atoms with Gasteiger partial charge in [0.05, 0.1) is 5.75 Å². The standard InChI is InChI=1S/C11H16O4S/c1-16(13,14)9-8-15-11-5-3-2-4-10(11)6-7-12/h2-5,12H,6-9H2,1H3.